The van der Waals surface area contributed by atoms with E-state index in [1.165, 1.54) is 12.8 Å². The van der Waals surface area contributed by atoms with E-state index in [0.717, 1.165) is 30.6 Å². The summed E-state index contributed by atoms with van der Waals surface area (Å²) in [4.78, 5) is 6.41. The summed E-state index contributed by atoms with van der Waals surface area (Å²) in [5.74, 6) is 2.78. The molecule has 0 aromatic rings. The van der Waals surface area contributed by atoms with E-state index in [1.54, 1.807) is 11.4 Å². The first kappa shape index (κ1) is 15.9. The lowest BCUT2D eigenvalue weighted by Gasteiger charge is -2.26. The van der Waals surface area contributed by atoms with E-state index in [-0.39, 0.29) is 5.75 Å². The van der Waals surface area contributed by atoms with Crippen LogP contribution in [0, 0.1) is 0 Å². The van der Waals surface area contributed by atoms with Gasteiger partial charge in [-0.1, -0.05) is 0 Å². The predicted octanol–water partition coefficient (Wildman–Crippen LogP) is 0.0362. The van der Waals surface area contributed by atoms with Gasteiger partial charge in [0.2, 0.25) is 10.0 Å². The van der Waals surface area contributed by atoms with E-state index in [9.17, 15) is 8.42 Å². The fraction of sp³-hybridized carbons (Fsp3) is 0.917. The number of rotatable bonds is 4. The first-order valence-corrected chi connectivity index (χ1v) is 9.91. The lowest BCUT2D eigenvalue weighted by Crippen LogP contribution is -2.44. The minimum absolute atomic E-state index is 0.143. The second-order valence-corrected chi connectivity index (χ2v) is 8.31. The Morgan fingerprint density at radius 3 is 2.45 bits per heavy atom. The van der Waals surface area contributed by atoms with Gasteiger partial charge in [0.1, 0.15) is 0 Å². The van der Waals surface area contributed by atoms with Crippen molar-refractivity contribution in [3.8, 4) is 0 Å². The fourth-order valence-electron chi connectivity index (χ4n) is 2.51. The number of hydrogen-bond donors (Lipinski definition) is 1. The van der Waals surface area contributed by atoms with Gasteiger partial charge in [0.25, 0.3) is 0 Å². The topological polar surface area (TPSA) is 65.0 Å². The highest BCUT2D eigenvalue weighted by Gasteiger charge is 2.24. The lowest BCUT2D eigenvalue weighted by atomic mass is 10.4. The molecule has 0 radical (unpaired) electrons. The third-order valence-corrected chi connectivity index (χ3v) is 6.44. The molecule has 0 atom stereocenters. The zero-order chi connectivity index (χ0) is 14.4. The number of aliphatic imine (C=N–C) groups is 1. The number of hydrogen-bond acceptors (Lipinski definition) is 4. The lowest BCUT2D eigenvalue weighted by molar-refractivity contribution is 0.442. The Balaban J connectivity index is 1.78. The van der Waals surface area contributed by atoms with Crippen molar-refractivity contribution >= 4 is 27.7 Å². The number of sulfonamides is 1. The summed E-state index contributed by atoms with van der Waals surface area (Å²) in [6.45, 7) is 3.74. The van der Waals surface area contributed by atoms with Gasteiger partial charge in [0, 0.05) is 51.3 Å². The molecule has 0 aromatic heterocycles. The number of likely N-dealkylation sites (tertiary alicyclic amines) is 1. The van der Waals surface area contributed by atoms with E-state index in [0.29, 0.717) is 19.6 Å². The third kappa shape index (κ3) is 4.26. The number of thioether (sulfide) groups is 1. The summed E-state index contributed by atoms with van der Waals surface area (Å²) in [5, 5.41) is 3.17. The van der Waals surface area contributed by atoms with Crippen LogP contribution in [0.15, 0.2) is 4.99 Å². The molecule has 116 valence electrons. The van der Waals surface area contributed by atoms with Gasteiger partial charge in [-0.25, -0.2) is 12.7 Å². The highest BCUT2D eigenvalue weighted by molar-refractivity contribution is 7.99. The van der Waals surface area contributed by atoms with Crippen molar-refractivity contribution in [1.29, 1.82) is 0 Å². The molecule has 2 rings (SSSR count). The Kier molecular flexibility index (Phi) is 5.98. The van der Waals surface area contributed by atoms with Gasteiger partial charge in [0.05, 0.1) is 5.75 Å². The number of nitrogens with zero attached hydrogens (tertiary/aromatic N) is 3. The van der Waals surface area contributed by atoms with Gasteiger partial charge in [-0.15, -0.1) is 0 Å². The monoisotopic (exact) mass is 320 g/mol. The van der Waals surface area contributed by atoms with Crippen LogP contribution in [0.5, 0.6) is 0 Å². The molecule has 1 N–H and O–H groups in total. The van der Waals surface area contributed by atoms with Gasteiger partial charge in [-0.3, -0.25) is 4.99 Å². The molecule has 6 nitrogen and oxygen atoms in total. The molecule has 2 heterocycles. The van der Waals surface area contributed by atoms with Gasteiger partial charge in [-0.05, 0) is 12.8 Å². The first-order valence-electron chi connectivity index (χ1n) is 7.14. The van der Waals surface area contributed by atoms with Crippen LogP contribution in [0.4, 0.5) is 0 Å². The molecular weight excluding hydrogens is 296 g/mol. The van der Waals surface area contributed by atoms with Crippen LogP contribution in [-0.2, 0) is 10.0 Å². The third-order valence-electron chi connectivity index (χ3n) is 3.62. The molecule has 0 saturated carbocycles. The number of nitrogens with one attached hydrogen (secondary N) is 1. The van der Waals surface area contributed by atoms with E-state index in [1.807, 2.05) is 11.8 Å². The normalized spacial score (nSPS) is 22.2. The van der Waals surface area contributed by atoms with Crippen LogP contribution < -0.4 is 5.32 Å². The van der Waals surface area contributed by atoms with Crippen molar-refractivity contribution in [2.75, 3.05) is 57.0 Å². The molecule has 0 aliphatic carbocycles. The molecule has 0 aromatic carbocycles. The van der Waals surface area contributed by atoms with Crippen LogP contribution in [-0.4, -0.2) is 80.6 Å². The molecule has 0 amide bonds. The minimum atomic E-state index is -3.13. The Morgan fingerprint density at radius 2 is 1.85 bits per heavy atom. The summed E-state index contributed by atoms with van der Waals surface area (Å²) >= 11 is 1.82. The van der Waals surface area contributed by atoms with Gasteiger partial charge >= 0.3 is 0 Å². The van der Waals surface area contributed by atoms with Crippen LogP contribution in [0.1, 0.15) is 12.8 Å². The average Bonchev–Trinajstić information content (AvgIpc) is 2.98. The molecular formula is C12H24N4O2S2. The Bertz CT molecular complexity index is 427. The largest absolute Gasteiger partial charge is 0.355 e. The first-order chi connectivity index (χ1) is 9.63. The SMILES string of the molecule is CN=C(NCCS(=O)(=O)N1CCSCC1)N1CCCC1. The van der Waals surface area contributed by atoms with Crippen molar-refractivity contribution in [1.82, 2.24) is 14.5 Å². The van der Waals surface area contributed by atoms with Crippen molar-refractivity contribution in [3.05, 3.63) is 0 Å². The molecule has 0 spiro atoms. The van der Waals surface area contributed by atoms with Gasteiger partial charge in [0.15, 0.2) is 5.96 Å². The molecule has 2 aliphatic heterocycles. The zero-order valence-corrected chi connectivity index (χ0v) is 13.7. The van der Waals surface area contributed by atoms with Crippen molar-refractivity contribution in [2.24, 2.45) is 4.99 Å². The maximum Gasteiger partial charge on any atom is 0.215 e. The van der Waals surface area contributed by atoms with Gasteiger partial charge < -0.3 is 10.2 Å². The van der Waals surface area contributed by atoms with Crippen LogP contribution in [0.3, 0.4) is 0 Å². The Labute approximate surface area is 126 Å². The summed E-state index contributed by atoms with van der Waals surface area (Å²) < 4.78 is 26.0. The highest BCUT2D eigenvalue weighted by atomic mass is 32.2. The Morgan fingerprint density at radius 1 is 1.20 bits per heavy atom. The molecule has 2 aliphatic rings. The zero-order valence-electron chi connectivity index (χ0n) is 12.0. The Hall–Kier alpha value is -0.470. The smallest absolute Gasteiger partial charge is 0.215 e. The summed E-state index contributed by atoms with van der Waals surface area (Å²) in [5.41, 5.74) is 0. The van der Waals surface area contributed by atoms with E-state index < -0.39 is 10.0 Å². The highest BCUT2D eigenvalue weighted by Crippen LogP contribution is 2.13. The molecule has 20 heavy (non-hydrogen) atoms. The quantitative estimate of drug-likeness (QED) is 0.585. The van der Waals surface area contributed by atoms with Crippen LogP contribution in [0.2, 0.25) is 0 Å². The standard InChI is InChI=1S/C12H24N4O2S2/c1-13-12(15-5-2-3-6-15)14-4-11-20(17,18)16-7-9-19-10-8-16/h2-11H2,1H3,(H,13,14). The second-order valence-electron chi connectivity index (χ2n) is 5.00. The predicted molar refractivity (Wildman–Crippen MR) is 84.9 cm³/mol. The summed E-state index contributed by atoms with van der Waals surface area (Å²) in [7, 11) is -1.38. The molecule has 8 heteroatoms. The van der Waals surface area contributed by atoms with Crippen LogP contribution >= 0.6 is 11.8 Å². The van der Waals surface area contributed by atoms with E-state index >= 15 is 0 Å². The number of guanidine groups is 1. The molecule has 2 fully saturated rings. The maximum atomic E-state index is 12.2. The maximum absolute atomic E-state index is 12.2. The second kappa shape index (κ2) is 7.51. The molecule has 0 bridgehead atoms. The summed E-state index contributed by atoms with van der Waals surface area (Å²) in [6, 6.07) is 0. The van der Waals surface area contributed by atoms with E-state index in [4.69, 9.17) is 0 Å². The average molecular weight is 320 g/mol. The van der Waals surface area contributed by atoms with Crippen LogP contribution in [0.25, 0.3) is 0 Å². The van der Waals surface area contributed by atoms with Crippen molar-refractivity contribution in [3.63, 3.8) is 0 Å². The fourth-order valence-corrected chi connectivity index (χ4v) is 5.00. The summed E-state index contributed by atoms with van der Waals surface area (Å²) in [6.07, 6.45) is 2.37. The molecule has 0 unspecified atom stereocenters. The molecule has 2 saturated heterocycles. The van der Waals surface area contributed by atoms with Gasteiger partial charge in [-0.2, -0.15) is 11.8 Å². The van der Waals surface area contributed by atoms with Crippen molar-refractivity contribution in [2.45, 2.75) is 12.8 Å². The van der Waals surface area contributed by atoms with E-state index in [2.05, 4.69) is 15.2 Å². The minimum Gasteiger partial charge on any atom is -0.355 e. The van der Waals surface area contributed by atoms with Crippen molar-refractivity contribution < 1.29 is 8.42 Å².